The maximum absolute atomic E-state index is 3.86. The van der Waals surface area contributed by atoms with E-state index in [1.807, 2.05) is 27.0 Å². The third-order valence-corrected chi connectivity index (χ3v) is 1.37. The van der Waals surface area contributed by atoms with E-state index in [0.29, 0.717) is 0 Å². The number of hydrogen-bond acceptors (Lipinski definition) is 2. The molecule has 76 valence electrons. The summed E-state index contributed by atoms with van der Waals surface area (Å²) in [5.41, 5.74) is 1.01. The lowest BCUT2D eigenvalue weighted by Crippen LogP contribution is -2.07. The molecule has 0 unspecified atom stereocenters. The van der Waals surface area contributed by atoms with Crippen LogP contribution in [0.5, 0.6) is 0 Å². The minimum Gasteiger partial charge on any atom is -0.320 e. The van der Waals surface area contributed by atoms with E-state index in [4.69, 9.17) is 0 Å². The summed E-state index contributed by atoms with van der Waals surface area (Å²) in [5, 5.41) is 3.07. The van der Waals surface area contributed by atoms with Crippen molar-refractivity contribution in [2.45, 2.75) is 26.7 Å². The van der Waals surface area contributed by atoms with Crippen molar-refractivity contribution < 1.29 is 0 Å². The molecule has 0 saturated carbocycles. The summed E-state index contributed by atoms with van der Waals surface area (Å²) in [5.74, 6) is 0. The van der Waals surface area contributed by atoms with Gasteiger partial charge in [-0.05, 0) is 39.2 Å². The first-order chi connectivity index (χ1) is 6.35. The Labute approximate surface area is 82.5 Å². The van der Waals surface area contributed by atoms with Crippen LogP contribution in [0.15, 0.2) is 29.4 Å². The van der Waals surface area contributed by atoms with Crippen LogP contribution in [0, 0.1) is 0 Å². The predicted molar refractivity (Wildman–Crippen MR) is 62.3 cm³/mol. The minimum atomic E-state index is 0.969. The molecule has 0 fully saturated rings. The van der Waals surface area contributed by atoms with Gasteiger partial charge in [0, 0.05) is 5.70 Å². The maximum Gasteiger partial charge on any atom is 0.0396 e. The fraction of sp³-hybridized carbons (Fsp3) is 0.545. The third kappa shape index (κ3) is 11.1. The van der Waals surface area contributed by atoms with Gasteiger partial charge >= 0.3 is 0 Å². The van der Waals surface area contributed by atoms with Gasteiger partial charge in [0.05, 0.1) is 0 Å². The molecular formula is C11H22N2. The van der Waals surface area contributed by atoms with Crippen molar-refractivity contribution in [3.05, 3.63) is 24.4 Å². The lowest BCUT2D eigenvalue weighted by Gasteiger charge is -1.99. The SMILES string of the molecule is C=C/C=C(/CCCNC)N=C.CC. The molecule has 0 radical (unpaired) electrons. The zero-order valence-corrected chi connectivity index (χ0v) is 9.14. The second kappa shape index (κ2) is 13.7. The summed E-state index contributed by atoms with van der Waals surface area (Å²) in [6, 6.07) is 0. The van der Waals surface area contributed by atoms with Crippen LogP contribution in [0.25, 0.3) is 0 Å². The van der Waals surface area contributed by atoms with Crippen LogP contribution in [-0.2, 0) is 0 Å². The predicted octanol–water partition coefficient (Wildman–Crippen LogP) is 2.78. The van der Waals surface area contributed by atoms with Gasteiger partial charge in [-0.3, -0.25) is 4.99 Å². The number of aliphatic imine (C=N–C) groups is 1. The minimum absolute atomic E-state index is 0.969. The Balaban J connectivity index is 0. The van der Waals surface area contributed by atoms with Crippen molar-refractivity contribution in [1.82, 2.24) is 5.32 Å². The molecule has 0 aliphatic rings. The molecule has 0 saturated heterocycles. The molecule has 0 amide bonds. The fourth-order valence-electron chi connectivity index (χ4n) is 0.797. The van der Waals surface area contributed by atoms with Crippen molar-refractivity contribution in [2.24, 2.45) is 4.99 Å². The van der Waals surface area contributed by atoms with Crippen LogP contribution >= 0.6 is 0 Å². The monoisotopic (exact) mass is 182 g/mol. The lowest BCUT2D eigenvalue weighted by atomic mass is 10.2. The Bertz CT molecular complexity index is 148. The Morgan fingerprint density at radius 1 is 1.46 bits per heavy atom. The first-order valence-corrected chi connectivity index (χ1v) is 4.78. The molecule has 0 aliphatic heterocycles. The van der Waals surface area contributed by atoms with Crippen molar-refractivity contribution >= 4 is 6.72 Å². The average molecular weight is 182 g/mol. The second-order valence-electron chi connectivity index (χ2n) is 2.26. The normalized spacial score (nSPS) is 9.92. The Hall–Kier alpha value is -0.890. The highest BCUT2D eigenvalue weighted by Crippen LogP contribution is 2.04. The molecule has 0 aromatic heterocycles. The zero-order valence-electron chi connectivity index (χ0n) is 9.14. The molecule has 0 rings (SSSR count). The highest BCUT2D eigenvalue weighted by Gasteiger charge is 1.90. The number of allylic oxidation sites excluding steroid dienone is 3. The molecular weight excluding hydrogens is 160 g/mol. The van der Waals surface area contributed by atoms with E-state index in [1.165, 1.54) is 0 Å². The van der Waals surface area contributed by atoms with Crippen molar-refractivity contribution in [1.29, 1.82) is 0 Å². The van der Waals surface area contributed by atoms with Gasteiger partial charge in [0.15, 0.2) is 0 Å². The highest BCUT2D eigenvalue weighted by molar-refractivity contribution is 5.29. The van der Waals surface area contributed by atoms with Gasteiger partial charge in [-0.15, -0.1) is 0 Å². The summed E-state index contributed by atoms with van der Waals surface area (Å²) in [6.07, 6.45) is 5.69. The fourth-order valence-corrected chi connectivity index (χ4v) is 0.797. The molecule has 1 N–H and O–H groups in total. The maximum atomic E-state index is 3.86. The summed E-state index contributed by atoms with van der Waals surface area (Å²) >= 11 is 0. The first-order valence-electron chi connectivity index (χ1n) is 4.78. The van der Waals surface area contributed by atoms with Crippen LogP contribution in [0.2, 0.25) is 0 Å². The molecule has 0 aromatic rings. The van der Waals surface area contributed by atoms with Gasteiger partial charge in [-0.1, -0.05) is 26.5 Å². The third-order valence-electron chi connectivity index (χ3n) is 1.37. The molecule has 0 spiro atoms. The van der Waals surface area contributed by atoms with E-state index in [0.717, 1.165) is 25.1 Å². The Morgan fingerprint density at radius 3 is 2.46 bits per heavy atom. The van der Waals surface area contributed by atoms with Crippen LogP contribution < -0.4 is 5.32 Å². The number of rotatable bonds is 6. The molecule has 2 heteroatoms. The molecule has 0 aromatic carbocycles. The molecule has 2 nitrogen and oxygen atoms in total. The topological polar surface area (TPSA) is 24.4 Å². The standard InChI is InChI=1S/C9H16N2.C2H6/c1-4-6-9(11-3)7-5-8-10-2;1-2/h4,6,10H,1,3,5,7-8H2,2H3;1-2H3/b9-6-;. The summed E-state index contributed by atoms with van der Waals surface area (Å²) in [4.78, 5) is 3.86. The van der Waals surface area contributed by atoms with Crippen LogP contribution in [0.3, 0.4) is 0 Å². The van der Waals surface area contributed by atoms with Crippen LogP contribution in [-0.4, -0.2) is 20.3 Å². The lowest BCUT2D eigenvalue weighted by molar-refractivity contribution is 0.718. The van der Waals surface area contributed by atoms with E-state index in [9.17, 15) is 0 Å². The zero-order chi connectivity index (χ0) is 10.5. The van der Waals surface area contributed by atoms with Gasteiger partial charge in [-0.25, -0.2) is 0 Å². The average Bonchev–Trinajstić information content (AvgIpc) is 2.20. The van der Waals surface area contributed by atoms with Crippen molar-refractivity contribution in [2.75, 3.05) is 13.6 Å². The quantitative estimate of drug-likeness (QED) is 0.381. The molecule has 0 heterocycles. The number of hydrogen-bond donors (Lipinski definition) is 1. The van der Waals surface area contributed by atoms with Gasteiger partial charge in [0.2, 0.25) is 0 Å². The summed E-state index contributed by atoms with van der Waals surface area (Å²) in [6.45, 7) is 12.1. The smallest absolute Gasteiger partial charge is 0.0396 e. The number of nitrogens with one attached hydrogen (secondary N) is 1. The van der Waals surface area contributed by atoms with Crippen molar-refractivity contribution in [3.8, 4) is 0 Å². The second-order valence-corrected chi connectivity index (χ2v) is 2.26. The summed E-state index contributed by atoms with van der Waals surface area (Å²) < 4.78 is 0. The Kier molecular flexibility index (Phi) is 15.4. The van der Waals surface area contributed by atoms with Crippen molar-refractivity contribution in [3.63, 3.8) is 0 Å². The summed E-state index contributed by atoms with van der Waals surface area (Å²) in [7, 11) is 1.94. The van der Waals surface area contributed by atoms with E-state index in [2.05, 4.69) is 23.6 Å². The first kappa shape index (κ1) is 14.6. The van der Waals surface area contributed by atoms with E-state index >= 15 is 0 Å². The van der Waals surface area contributed by atoms with Crippen LogP contribution in [0.4, 0.5) is 0 Å². The Morgan fingerprint density at radius 2 is 2.08 bits per heavy atom. The van der Waals surface area contributed by atoms with Gasteiger partial charge in [0.25, 0.3) is 0 Å². The van der Waals surface area contributed by atoms with E-state index in [-0.39, 0.29) is 0 Å². The van der Waals surface area contributed by atoms with Gasteiger partial charge in [-0.2, -0.15) is 0 Å². The highest BCUT2D eigenvalue weighted by atomic mass is 14.8. The van der Waals surface area contributed by atoms with E-state index in [1.54, 1.807) is 6.08 Å². The van der Waals surface area contributed by atoms with Gasteiger partial charge in [0.1, 0.15) is 0 Å². The number of nitrogens with zero attached hydrogens (tertiary/aromatic N) is 1. The molecule has 0 aliphatic carbocycles. The van der Waals surface area contributed by atoms with Gasteiger partial charge < -0.3 is 5.32 Å². The van der Waals surface area contributed by atoms with E-state index < -0.39 is 0 Å². The largest absolute Gasteiger partial charge is 0.320 e. The molecule has 0 atom stereocenters. The molecule has 0 bridgehead atoms. The van der Waals surface area contributed by atoms with Crippen LogP contribution in [0.1, 0.15) is 26.7 Å². The molecule has 13 heavy (non-hydrogen) atoms.